The Hall–Kier alpha value is -4.26. The van der Waals surface area contributed by atoms with Gasteiger partial charge in [0.05, 0.1) is 25.2 Å². The average molecular weight is 564 g/mol. The Kier molecular flexibility index (Phi) is 8.29. The number of hydrogen-bond acceptors (Lipinski definition) is 7. The van der Waals surface area contributed by atoms with E-state index < -0.39 is 17.3 Å². The lowest BCUT2D eigenvalue weighted by Gasteiger charge is -2.39. The zero-order valence-electron chi connectivity index (χ0n) is 20.9. The van der Waals surface area contributed by atoms with Crippen LogP contribution in [0.15, 0.2) is 60.7 Å². The minimum atomic E-state index is -4.79. The number of nitro benzene ring substituents is 1. The molecule has 13 heteroatoms. The Morgan fingerprint density at radius 3 is 2.26 bits per heavy atom. The third kappa shape index (κ3) is 6.79. The molecule has 0 saturated carbocycles. The summed E-state index contributed by atoms with van der Waals surface area (Å²) in [6.45, 7) is 0.651. The van der Waals surface area contributed by atoms with Crippen molar-refractivity contribution in [2.24, 2.45) is 0 Å². The molecule has 1 unspecified atom stereocenters. The van der Waals surface area contributed by atoms with Crippen molar-refractivity contribution in [2.45, 2.75) is 18.8 Å². The van der Waals surface area contributed by atoms with E-state index in [9.17, 15) is 23.3 Å². The molecule has 0 bridgehead atoms. The molecule has 0 aliphatic carbocycles. The van der Waals surface area contributed by atoms with Crippen molar-refractivity contribution in [1.82, 2.24) is 4.90 Å². The van der Waals surface area contributed by atoms with Crippen LogP contribution in [0.25, 0.3) is 0 Å². The second kappa shape index (κ2) is 11.6. The van der Waals surface area contributed by atoms with Gasteiger partial charge in [-0.2, -0.15) is 0 Å². The van der Waals surface area contributed by atoms with E-state index in [1.165, 1.54) is 55.6 Å². The summed E-state index contributed by atoms with van der Waals surface area (Å²) in [6, 6.07) is 14.4. The van der Waals surface area contributed by atoms with Gasteiger partial charge in [-0.1, -0.05) is 0 Å². The molecule has 0 spiro atoms. The van der Waals surface area contributed by atoms with E-state index in [-0.39, 0.29) is 18.0 Å². The molecule has 0 amide bonds. The Bertz CT molecular complexity index is 1340. The molecule has 4 rings (SSSR count). The summed E-state index contributed by atoms with van der Waals surface area (Å²) in [5.41, 5.74) is 2.32. The van der Waals surface area contributed by atoms with Crippen LogP contribution in [0.2, 0.25) is 0 Å². The first-order valence-corrected chi connectivity index (χ1v) is 12.0. The maximum atomic E-state index is 12.5. The highest BCUT2D eigenvalue weighted by Crippen LogP contribution is 2.39. The number of rotatable bonds is 8. The lowest BCUT2D eigenvalue weighted by molar-refractivity contribution is -0.384. The van der Waals surface area contributed by atoms with Crippen LogP contribution < -0.4 is 24.3 Å². The Morgan fingerprint density at radius 1 is 1.05 bits per heavy atom. The SMILES string of the molecule is COc1cc2c(cc1OC)C(COc1ccc([N+](=O)[O-])cc1)N(C(=S)Nc1ccc(OC(F)(F)F)cc1)CC2. The number of nitro groups is 1. The molecule has 1 aliphatic heterocycles. The first kappa shape index (κ1) is 27.8. The minimum Gasteiger partial charge on any atom is -0.493 e. The van der Waals surface area contributed by atoms with E-state index in [4.69, 9.17) is 26.4 Å². The number of fused-ring (bicyclic) bond motifs is 1. The number of methoxy groups -OCH3 is 2. The summed E-state index contributed by atoms with van der Waals surface area (Å²) < 4.78 is 58.3. The van der Waals surface area contributed by atoms with E-state index >= 15 is 0 Å². The van der Waals surface area contributed by atoms with Crippen molar-refractivity contribution in [3.63, 3.8) is 0 Å². The Morgan fingerprint density at radius 2 is 1.67 bits per heavy atom. The monoisotopic (exact) mass is 563 g/mol. The number of non-ortho nitro benzene ring substituents is 1. The average Bonchev–Trinajstić information content (AvgIpc) is 2.91. The molecule has 0 radical (unpaired) electrons. The summed E-state index contributed by atoms with van der Waals surface area (Å²) in [7, 11) is 3.09. The van der Waals surface area contributed by atoms with Crippen LogP contribution in [-0.4, -0.2) is 48.7 Å². The third-order valence-corrected chi connectivity index (χ3v) is 6.39. The molecule has 39 heavy (non-hydrogen) atoms. The molecule has 0 saturated heterocycles. The Balaban J connectivity index is 1.58. The second-order valence-electron chi connectivity index (χ2n) is 8.43. The van der Waals surface area contributed by atoms with Gasteiger partial charge in [-0.05, 0) is 78.3 Å². The molecule has 3 aromatic carbocycles. The predicted molar refractivity (Wildman–Crippen MR) is 141 cm³/mol. The molecule has 9 nitrogen and oxygen atoms in total. The van der Waals surface area contributed by atoms with Crippen LogP contribution in [0.1, 0.15) is 17.2 Å². The number of halogens is 3. The van der Waals surface area contributed by atoms with E-state index in [1.54, 1.807) is 7.11 Å². The molecule has 3 aromatic rings. The zero-order chi connectivity index (χ0) is 28.2. The summed E-state index contributed by atoms with van der Waals surface area (Å²) >= 11 is 5.69. The van der Waals surface area contributed by atoms with Crippen molar-refractivity contribution in [3.05, 3.63) is 81.9 Å². The molecule has 1 aliphatic rings. The summed E-state index contributed by atoms with van der Waals surface area (Å²) in [6.07, 6.45) is -4.16. The fourth-order valence-electron chi connectivity index (χ4n) is 4.23. The molecule has 0 fully saturated rings. The maximum absolute atomic E-state index is 12.5. The first-order chi connectivity index (χ1) is 18.6. The molecular formula is C26H24F3N3O6S. The Labute approximate surface area is 227 Å². The minimum absolute atomic E-state index is 0.0548. The molecule has 1 atom stereocenters. The van der Waals surface area contributed by atoms with Crippen LogP contribution >= 0.6 is 12.2 Å². The summed E-state index contributed by atoms with van der Waals surface area (Å²) in [5, 5.41) is 14.4. The van der Waals surface area contributed by atoms with Gasteiger partial charge in [-0.25, -0.2) is 0 Å². The van der Waals surface area contributed by atoms with Gasteiger partial charge in [0.1, 0.15) is 18.1 Å². The van der Waals surface area contributed by atoms with E-state index in [0.29, 0.717) is 41.0 Å². The highest BCUT2D eigenvalue weighted by Gasteiger charge is 2.32. The van der Waals surface area contributed by atoms with Gasteiger partial charge in [-0.3, -0.25) is 10.1 Å². The molecular weight excluding hydrogens is 539 g/mol. The van der Waals surface area contributed by atoms with Gasteiger partial charge in [0.2, 0.25) is 0 Å². The topological polar surface area (TPSA) is 95.3 Å². The van der Waals surface area contributed by atoms with E-state index in [2.05, 4.69) is 10.1 Å². The zero-order valence-corrected chi connectivity index (χ0v) is 21.7. The number of nitrogens with zero attached hydrogens (tertiary/aromatic N) is 2. The maximum Gasteiger partial charge on any atom is 0.573 e. The van der Waals surface area contributed by atoms with Crippen molar-refractivity contribution in [2.75, 3.05) is 32.7 Å². The van der Waals surface area contributed by atoms with E-state index in [1.807, 2.05) is 17.0 Å². The van der Waals surface area contributed by atoms with E-state index in [0.717, 1.165) is 11.1 Å². The van der Waals surface area contributed by atoms with Crippen LogP contribution in [0.5, 0.6) is 23.0 Å². The fourth-order valence-corrected chi connectivity index (χ4v) is 4.56. The number of benzene rings is 3. The number of thiocarbonyl (C=S) groups is 1. The lowest BCUT2D eigenvalue weighted by Crippen LogP contribution is -2.44. The molecule has 1 heterocycles. The van der Waals surface area contributed by atoms with Crippen LogP contribution in [0.4, 0.5) is 24.5 Å². The summed E-state index contributed by atoms with van der Waals surface area (Å²) in [4.78, 5) is 12.4. The molecule has 0 aromatic heterocycles. The van der Waals surface area contributed by atoms with Gasteiger partial charge in [0.25, 0.3) is 5.69 Å². The number of anilines is 1. The van der Waals surface area contributed by atoms with Gasteiger partial charge in [0, 0.05) is 24.4 Å². The highest BCUT2D eigenvalue weighted by atomic mass is 32.1. The molecule has 206 valence electrons. The highest BCUT2D eigenvalue weighted by molar-refractivity contribution is 7.80. The van der Waals surface area contributed by atoms with Gasteiger partial charge < -0.3 is 29.2 Å². The van der Waals surface area contributed by atoms with Gasteiger partial charge >= 0.3 is 6.36 Å². The van der Waals surface area contributed by atoms with Crippen LogP contribution in [0.3, 0.4) is 0 Å². The van der Waals surface area contributed by atoms with Crippen LogP contribution in [-0.2, 0) is 6.42 Å². The predicted octanol–water partition coefficient (Wildman–Crippen LogP) is 5.89. The largest absolute Gasteiger partial charge is 0.573 e. The third-order valence-electron chi connectivity index (χ3n) is 6.06. The normalized spacial score (nSPS) is 14.7. The van der Waals surface area contributed by atoms with Crippen molar-refractivity contribution in [3.8, 4) is 23.0 Å². The summed E-state index contributed by atoms with van der Waals surface area (Å²) in [5.74, 6) is 1.20. The smallest absolute Gasteiger partial charge is 0.493 e. The number of alkyl halides is 3. The van der Waals surface area contributed by atoms with Crippen molar-refractivity contribution in [1.29, 1.82) is 0 Å². The van der Waals surface area contributed by atoms with Crippen molar-refractivity contribution < 1.29 is 37.0 Å². The molecule has 1 N–H and O–H groups in total. The fraction of sp³-hybridized carbons (Fsp3) is 0.269. The van der Waals surface area contributed by atoms with Gasteiger partial charge in [0.15, 0.2) is 16.6 Å². The standard InChI is InChI=1S/C26H24F3N3O6S/c1-35-23-13-16-11-12-31(25(39)30-17-3-7-20(8-4-17)38-26(27,28)29)22(21(16)14-24(23)36-2)15-37-19-9-5-18(6-10-19)32(33)34/h3-10,13-14,22H,11-12,15H2,1-2H3,(H,30,39). The number of nitrogens with one attached hydrogen (secondary N) is 1. The lowest BCUT2D eigenvalue weighted by atomic mass is 9.92. The quantitative estimate of drug-likeness (QED) is 0.205. The van der Waals surface area contributed by atoms with Gasteiger partial charge in [-0.15, -0.1) is 13.2 Å². The number of hydrogen-bond donors (Lipinski definition) is 1. The first-order valence-electron chi connectivity index (χ1n) is 11.6. The second-order valence-corrected chi connectivity index (χ2v) is 8.82. The number of ether oxygens (including phenoxy) is 4. The van der Waals surface area contributed by atoms with Crippen LogP contribution in [0, 0.1) is 10.1 Å². The van der Waals surface area contributed by atoms with Crippen molar-refractivity contribution >= 4 is 28.7 Å².